The molecule has 0 saturated heterocycles. The average molecular weight is 305 g/mol. The van der Waals surface area contributed by atoms with Gasteiger partial charge >= 0.3 is 0 Å². The zero-order chi connectivity index (χ0) is 15.4. The van der Waals surface area contributed by atoms with E-state index in [1.54, 1.807) is 37.3 Å². The van der Waals surface area contributed by atoms with Crippen molar-refractivity contribution in [1.82, 2.24) is 0 Å². The summed E-state index contributed by atoms with van der Waals surface area (Å²) in [6, 6.07) is 11.6. The van der Waals surface area contributed by atoms with Crippen LogP contribution in [0.25, 0.3) is 0 Å². The van der Waals surface area contributed by atoms with Crippen molar-refractivity contribution in [3.63, 3.8) is 0 Å². The lowest BCUT2D eigenvalue weighted by Crippen LogP contribution is -2.16. The van der Waals surface area contributed by atoms with Crippen LogP contribution in [0.4, 0.5) is 11.4 Å². The highest BCUT2D eigenvalue weighted by Crippen LogP contribution is 2.24. The van der Waals surface area contributed by atoms with Gasteiger partial charge in [0.2, 0.25) is 0 Å². The number of carbonyl (C=O) groups excluding carboxylic acids is 1. The highest BCUT2D eigenvalue weighted by Gasteiger charge is 2.22. The largest absolute Gasteiger partial charge is 0.321 e. The van der Waals surface area contributed by atoms with E-state index in [1.165, 1.54) is 6.07 Å². The lowest BCUT2D eigenvalue weighted by Gasteiger charge is -2.10. The van der Waals surface area contributed by atoms with Crippen molar-refractivity contribution in [2.24, 2.45) is 0 Å². The SMILES string of the molecule is Cc1cccc([N+](=O)[O-])c1C(=O)Nc1ccccc1CCl. The lowest BCUT2D eigenvalue weighted by molar-refractivity contribution is -0.385. The number of rotatable bonds is 4. The number of aryl methyl sites for hydroxylation is 1. The van der Waals surface area contributed by atoms with Gasteiger partial charge in [0.1, 0.15) is 5.56 Å². The van der Waals surface area contributed by atoms with E-state index in [-0.39, 0.29) is 17.1 Å². The molecule has 0 atom stereocenters. The number of hydrogen-bond donors (Lipinski definition) is 1. The first-order chi connectivity index (χ1) is 10.0. The van der Waals surface area contributed by atoms with Crippen LogP contribution < -0.4 is 5.32 Å². The zero-order valence-corrected chi connectivity index (χ0v) is 12.1. The minimum absolute atomic E-state index is 0.0619. The van der Waals surface area contributed by atoms with E-state index in [1.807, 2.05) is 6.07 Å². The molecule has 0 radical (unpaired) electrons. The molecule has 0 spiro atoms. The lowest BCUT2D eigenvalue weighted by atomic mass is 10.1. The molecule has 2 aromatic carbocycles. The number of hydrogen-bond acceptors (Lipinski definition) is 3. The minimum atomic E-state index is -0.560. The first kappa shape index (κ1) is 15.0. The normalized spacial score (nSPS) is 10.2. The molecule has 1 amide bonds. The van der Waals surface area contributed by atoms with Gasteiger partial charge < -0.3 is 5.32 Å². The number of anilines is 1. The summed E-state index contributed by atoms with van der Waals surface area (Å²) in [5.74, 6) is -0.274. The summed E-state index contributed by atoms with van der Waals surface area (Å²) in [6.07, 6.45) is 0. The molecule has 108 valence electrons. The van der Waals surface area contributed by atoms with Crippen molar-refractivity contribution in [1.29, 1.82) is 0 Å². The first-order valence-corrected chi connectivity index (χ1v) is 6.77. The van der Waals surface area contributed by atoms with Gasteiger partial charge in [-0.25, -0.2) is 0 Å². The number of para-hydroxylation sites is 1. The maximum Gasteiger partial charge on any atom is 0.282 e. The number of carbonyl (C=O) groups is 1. The summed E-state index contributed by atoms with van der Waals surface area (Å²) in [5.41, 5.74) is 1.70. The van der Waals surface area contributed by atoms with Crippen LogP contribution in [0.1, 0.15) is 21.5 Å². The molecule has 0 unspecified atom stereocenters. The Kier molecular flexibility index (Phi) is 4.55. The quantitative estimate of drug-likeness (QED) is 0.529. The molecule has 21 heavy (non-hydrogen) atoms. The first-order valence-electron chi connectivity index (χ1n) is 6.24. The molecule has 0 saturated carbocycles. The van der Waals surface area contributed by atoms with Crippen molar-refractivity contribution in [2.75, 3.05) is 5.32 Å². The minimum Gasteiger partial charge on any atom is -0.321 e. The second-order valence-electron chi connectivity index (χ2n) is 4.47. The molecule has 0 heterocycles. The predicted octanol–water partition coefficient (Wildman–Crippen LogP) is 3.89. The Morgan fingerprint density at radius 3 is 2.62 bits per heavy atom. The Morgan fingerprint density at radius 1 is 1.24 bits per heavy atom. The maximum absolute atomic E-state index is 12.4. The number of nitro groups is 1. The van der Waals surface area contributed by atoms with E-state index < -0.39 is 10.8 Å². The van der Waals surface area contributed by atoms with E-state index in [0.717, 1.165) is 5.56 Å². The summed E-state index contributed by atoms with van der Waals surface area (Å²) in [7, 11) is 0. The molecule has 5 nitrogen and oxygen atoms in total. The van der Waals surface area contributed by atoms with Crippen LogP contribution in [-0.4, -0.2) is 10.8 Å². The smallest absolute Gasteiger partial charge is 0.282 e. The van der Waals surface area contributed by atoms with Crippen LogP contribution >= 0.6 is 11.6 Å². The molecular formula is C15H13ClN2O3. The Labute approximate surface area is 126 Å². The predicted molar refractivity (Wildman–Crippen MR) is 81.8 cm³/mol. The highest BCUT2D eigenvalue weighted by molar-refractivity contribution is 6.18. The van der Waals surface area contributed by atoms with Gasteiger partial charge in [-0.05, 0) is 24.1 Å². The van der Waals surface area contributed by atoms with Crippen LogP contribution in [-0.2, 0) is 5.88 Å². The Hall–Kier alpha value is -2.40. The second-order valence-corrected chi connectivity index (χ2v) is 4.74. The summed E-state index contributed by atoms with van der Waals surface area (Å²) in [6.45, 7) is 1.66. The third-order valence-electron chi connectivity index (χ3n) is 3.08. The van der Waals surface area contributed by atoms with Gasteiger partial charge in [0.15, 0.2) is 0 Å². The number of benzene rings is 2. The summed E-state index contributed by atoms with van der Waals surface area (Å²) >= 11 is 5.81. The van der Waals surface area contributed by atoms with Crippen LogP contribution in [0.15, 0.2) is 42.5 Å². The molecule has 2 aromatic rings. The van der Waals surface area contributed by atoms with Crippen molar-refractivity contribution >= 4 is 28.9 Å². The van der Waals surface area contributed by atoms with E-state index in [2.05, 4.69) is 5.32 Å². The summed E-state index contributed by atoms with van der Waals surface area (Å²) < 4.78 is 0. The molecule has 0 aliphatic heterocycles. The van der Waals surface area contributed by atoms with E-state index in [0.29, 0.717) is 11.3 Å². The van der Waals surface area contributed by atoms with Gasteiger partial charge in [0, 0.05) is 17.6 Å². The number of halogens is 1. The Balaban J connectivity index is 2.39. The Morgan fingerprint density at radius 2 is 1.95 bits per heavy atom. The molecule has 6 heteroatoms. The Bertz CT molecular complexity index is 701. The van der Waals surface area contributed by atoms with Crippen LogP contribution in [0.5, 0.6) is 0 Å². The van der Waals surface area contributed by atoms with Gasteiger partial charge in [0.05, 0.1) is 4.92 Å². The third-order valence-corrected chi connectivity index (χ3v) is 3.37. The van der Waals surface area contributed by atoms with E-state index in [9.17, 15) is 14.9 Å². The zero-order valence-electron chi connectivity index (χ0n) is 11.3. The van der Waals surface area contributed by atoms with Crippen LogP contribution in [0.3, 0.4) is 0 Å². The van der Waals surface area contributed by atoms with Gasteiger partial charge in [-0.3, -0.25) is 14.9 Å². The number of nitrogens with one attached hydrogen (secondary N) is 1. The second kappa shape index (κ2) is 6.37. The number of amides is 1. The summed E-state index contributed by atoms with van der Waals surface area (Å²) in [4.78, 5) is 22.9. The fourth-order valence-corrected chi connectivity index (χ4v) is 2.28. The van der Waals surface area contributed by atoms with Crippen LogP contribution in [0, 0.1) is 17.0 Å². The van der Waals surface area contributed by atoms with E-state index >= 15 is 0 Å². The van der Waals surface area contributed by atoms with Crippen molar-refractivity contribution in [2.45, 2.75) is 12.8 Å². The van der Waals surface area contributed by atoms with Gasteiger partial charge in [-0.2, -0.15) is 0 Å². The monoisotopic (exact) mass is 304 g/mol. The molecule has 0 aromatic heterocycles. The van der Waals surface area contributed by atoms with Gasteiger partial charge in [0.25, 0.3) is 11.6 Å². The third kappa shape index (κ3) is 3.20. The molecule has 0 bridgehead atoms. The molecular weight excluding hydrogens is 292 g/mol. The molecule has 0 aliphatic carbocycles. The van der Waals surface area contributed by atoms with Crippen molar-refractivity contribution in [3.8, 4) is 0 Å². The molecule has 0 aliphatic rings. The van der Waals surface area contributed by atoms with Crippen LogP contribution in [0.2, 0.25) is 0 Å². The molecule has 1 N–H and O–H groups in total. The number of alkyl halides is 1. The molecule has 0 fully saturated rings. The average Bonchev–Trinajstić information content (AvgIpc) is 2.47. The number of nitrogens with zero attached hydrogens (tertiary/aromatic N) is 1. The fraction of sp³-hybridized carbons (Fsp3) is 0.133. The number of nitro benzene ring substituents is 1. The van der Waals surface area contributed by atoms with Gasteiger partial charge in [-0.1, -0.05) is 30.3 Å². The summed E-state index contributed by atoms with van der Waals surface area (Å²) in [5, 5.41) is 13.7. The van der Waals surface area contributed by atoms with E-state index in [4.69, 9.17) is 11.6 Å². The highest BCUT2D eigenvalue weighted by atomic mass is 35.5. The topological polar surface area (TPSA) is 72.2 Å². The van der Waals surface area contributed by atoms with Crippen molar-refractivity contribution in [3.05, 3.63) is 69.3 Å². The maximum atomic E-state index is 12.4. The molecule has 2 rings (SSSR count). The van der Waals surface area contributed by atoms with Gasteiger partial charge in [-0.15, -0.1) is 11.6 Å². The standard InChI is InChI=1S/C15H13ClN2O3/c1-10-5-4-8-13(18(20)21)14(10)15(19)17-12-7-3-2-6-11(12)9-16/h2-8H,9H2,1H3,(H,17,19). The fourth-order valence-electron chi connectivity index (χ4n) is 2.04. The van der Waals surface area contributed by atoms with Crippen molar-refractivity contribution < 1.29 is 9.72 Å².